The van der Waals surface area contributed by atoms with Crippen LogP contribution in [0.5, 0.6) is 0 Å². The Bertz CT molecular complexity index is 885. The van der Waals surface area contributed by atoms with E-state index in [1.54, 1.807) is 18.3 Å². The molecule has 1 saturated heterocycles. The maximum Gasteiger partial charge on any atom is 0.338 e. The highest BCUT2D eigenvalue weighted by Crippen LogP contribution is 2.31. The SMILES string of the molecule is Cc1ccc(C(=O)OC[C@H]2CC[C@H](n3ccc4cnccc43)O2)cc1. The molecule has 0 saturated carbocycles. The minimum Gasteiger partial charge on any atom is -0.459 e. The van der Waals surface area contributed by atoms with Crippen LogP contribution in [0, 0.1) is 6.92 Å². The molecule has 1 aliphatic heterocycles. The zero-order valence-electron chi connectivity index (χ0n) is 14.1. The monoisotopic (exact) mass is 336 g/mol. The van der Waals surface area contributed by atoms with Gasteiger partial charge in [0, 0.05) is 24.0 Å². The fourth-order valence-electron chi connectivity index (χ4n) is 3.21. The summed E-state index contributed by atoms with van der Waals surface area (Å²) in [4.78, 5) is 16.2. The van der Waals surface area contributed by atoms with E-state index >= 15 is 0 Å². The molecule has 0 unspecified atom stereocenters. The molecule has 3 aromatic rings. The number of aryl methyl sites for hydroxylation is 1. The molecular formula is C20H20N2O3. The van der Waals surface area contributed by atoms with Crippen molar-refractivity contribution in [1.82, 2.24) is 9.55 Å². The van der Waals surface area contributed by atoms with E-state index in [1.807, 2.05) is 43.6 Å². The maximum absolute atomic E-state index is 12.1. The first-order valence-electron chi connectivity index (χ1n) is 8.50. The lowest BCUT2D eigenvalue weighted by Gasteiger charge is -2.16. The molecule has 128 valence electrons. The van der Waals surface area contributed by atoms with Crippen molar-refractivity contribution in [1.29, 1.82) is 0 Å². The predicted molar refractivity (Wildman–Crippen MR) is 94.3 cm³/mol. The van der Waals surface area contributed by atoms with Gasteiger partial charge in [0.25, 0.3) is 0 Å². The van der Waals surface area contributed by atoms with Crippen molar-refractivity contribution >= 4 is 16.9 Å². The van der Waals surface area contributed by atoms with Gasteiger partial charge < -0.3 is 14.0 Å². The van der Waals surface area contributed by atoms with Crippen LogP contribution in [0.25, 0.3) is 10.9 Å². The third-order valence-corrected chi connectivity index (χ3v) is 4.60. The smallest absolute Gasteiger partial charge is 0.338 e. The topological polar surface area (TPSA) is 53.4 Å². The number of carbonyl (C=O) groups excluding carboxylic acids is 1. The first kappa shape index (κ1) is 15.8. The van der Waals surface area contributed by atoms with Crippen LogP contribution in [-0.2, 0) is 9.47 Å². The summed E-state index contributed by atoms with van der Waals surface area (Å²) in [5.41, 5.74) is 2.80. The number of benzene rings is 1. The largest absolute Gasteiger partial charge is 0.459 e. The number of pyridine rings is 1. The average Bonchev–Trinajstić information content (AvgIpc) is 3.27. The fourth-order valence-corrected chi connectivity index (χ4v) is 3.21. The molecule has 25 heavy (non-hydrogen) atoms. The van der Waals surface area contributed by atoms with Gasteiger partial charge in [-0.1, -0.05) is 17.7 Å². The second kappa shape index (κ2) is 6.69. The number of rotatable bonds is 4. The second-order valence-corrected chi connectivity index (χ2v) is 6.41. The van der Waals surface area contributed by atoms with Gasteiger partial charge in [0.05, 0.1) is 17.2 Å². The van der Waals surface area contributed by atoms with Crippen LogP contribution in [0.4, 0.5) is 0 Å². The highest BCUT2D eigenvalue weighted by Gasteiger charge is 2.28. The Labute approximate surface area is 146 Å². The first-order valence-corrected chi connectivity index (χ1v) is 8.50. The minimum absolute atomic E-state index is 0.0250. The number of nitrogens with zero attached hydrogens (tertiary/aromatic N) is 2. The van der Waals surface area contributed by atoms with E-state index in [4.69, 9.17) is 9.47 Å². The standard InChI is InChI=1S/C20H20N2O3/c1-14-2-4-15(5-3-14)20(23)24-13-17-6-7-19(25-17)22-11-9-16-12-21-10-8-18(16)22/h2-5,8-12,17,19H,6-7,13H2,1H3/t17-,19-/m1/s1. The van der Waals surface area contributed by atoms with Gasteiger partial charge >= 0.3 is 5.97 Å². The second-order valence-electron chi connectivity index (χ2n) is 6.41. The number of esters is 1. The van der Waals surface area contributed by atoms with Crippen LogP contribution in [-0.4, -0.2) is 28.2 Å². The predicted octanol–water partition coefficient (Wildman–Crippen LogP) is 3.88. The van der Waals surface area contributed by atoms with E-state index in [1.165, 1.54) is 0 Å². The van der Waals surface area contributed by atoms with Gasteiger partial charge in [-0.3, -0.25) is 4.98 Å². The van der Waals surface area contributed by atoms with Gasteiger partial charge in [0.1, 0.15) is 12.8 Å². The molecule has 0 spiro atoms. The lowest BCUT2D eigenvalue weighted by atomic mass is 10.1. The molecule has 0 radical (unpaired) electrons. The highest BCUT2D eigenvalue weighted by atomic mass is 16.6. The van der Waals surface area contributed by atoms with E-state index < -0.39 is 0 Å². The number of aromatic nitrogens is 2. The molecule has 2 aromatic heterocycles. The lowest BCUT2D eigenvalue weighted by molar-refractivity contribution is -0.0305. The quantitative estimate of drug-likeness (QED) is 0.679. The molecule has 0 aliphatic carbocycles. The molecule has 2 atom stereocenters. The Morgan fingerprint density at radius 3 is 2.92 bits per heavy atom. The molecular weight excluding hydrogens is 316 g/mol. The highest BCUT2D eigenvalue weighted by molar-refractivity contribution is 5.89. The Kier molecular flexibility index (Phi) is 4.24. The van der Waals surface area contributed by atoms with Crippen LogP contribution < -0.4 is 0 Å². The maximum atomic E-state index is 12.1. The Hall–Kier alpha value is -2.66. The van der Waals surface area contributed by atoms with Gasteiger partial charge in [-0.05, 0) is 44.0 Å². The summed E-state index contributed by atoms with van der Waals surface area (Å²) in [6.45, 7) is 2.27. The minimum atomic E-state index is -0.301. The Balaban J connectivity index is 1.36. The molecule has 5 nitrogen and oxygen atoms in total. The zero-order valence-corrected chi connectivity index (χ0v) is 14.1. The van der Waals surface area contributed by atoms with Crippen LogP contribution >= 0.6 is 0 Å². The summed E-state index contributed by atoms with van der Waals surface area (Å²) in [5, 5.41) is 1.10. The third kappa shape index (κ3) is 3.28. The van der Waals surface area contributed by atoms with Crippen molar-refractivity contribution in [2.75, 3.05) is 6.61 Å². The van der Waals surface area contributed by atoms with E-state index in [-0.39, 0.29) is 24.9 Å². The Morgan fingerprint density at radius 2 is 2.08 bits per heavy atom. The van der Waals surface area contributed by atoms with E-state index in [9.17, 15) is 4.79 Å². The van der Waals surface area contributed by atoms with Gasteiger partial charge in [-0.15, -0.1) is 0 Å². The number of hydrogen-bond acceptors (Lipinski definition) is 4. The van der Waals surface area contributed by atoms with Crippen LogP contribution in [0.3, 0.4) is 0 Å². The van der Waals surface area contributed by atoms with E-state index in [0.717, 1.165) is 29.3 Å². The summed E-state index contributed by atoms with van der Waals surface area (Å²) in [5.74, 6) is -0.301. The van der Waals surface area contributed by atoms with E-state index in [0.29, 0.717) is 5.56 Å². The molecule has 3 heterocycles. The molecule has 1 fully saturated rings. The summed E-state index contributed by atoms with van der Waals surface area (Å²) in [7, 11) is 0. The van der Waals surface area contributed by atoms with Crippen molar-refractivity contribution in [2.45, 2.75) is 32.1 Å². The van der Waals surface area contributed by atoms with Crippen molar-refractivity contribution in [3.05, 3.63) is 66.1 Å². The summed E-state index contributed by atoms with van der Waals surface area (Å²) in [6, 6.07) is 11.4. The zero-order chi connectivity index (χ0) is 17.2. The van der Waals surface area contributed by atoms with Crippen molar-refractivity contribution < 1.29 is 14.3 Å². The van der Waals surface area contributed by atoms with Crippen LogP contribution in [0.15, 0.2) is 55.0 Å². The molecule has 1 aliphatic rings. The van der Waals surface area contributed by atoms with Gasteiger partial charge in [-0.2, -0.15) is 0 Å². The van der Waals surface area contributed by atoms with Crippen molar-refractivity contribution in [3.8, 4) is 0 Å². The van der Waals surface area contributed by atoms with Crippen LogP contribution in [0.2, 0.25) is 0 Å². The van der Waals surface area contributed by atoms with Gasteiger partial charge in [0.15, 0.2) is 0 Å². The van der Waals surface area contributed by atoms with Crippen molar-refractivity contribution in [2.24, 2.45) is 0 Å². The fraction of sp³-hybridized carbons (Fsp3) is 0.300. The molecule has 0 amide bonds. The lowest BCUT2D eigenvalue weighted by Crippen LogP contribution is -2.19. The van der Waals surface area contributed by atoms with Gasteiger partial charge in [-0.25, -0.2) is 4.79 Å². The third-order valence-electron chi connectivity index (χ3n) is 4.60. The summed E-state index contributed by atoms with van der Waals surface area (Å²) < 4.78 is 13.6. The van der Waals surface area contributed by atoms with Crippen LogP contribution in [0.1, 0.15) is 35.0 Å². The molecule has 0 N–H and O–H groups in total. The molecule has 1 aromatic carbocycles. The summed E-state index contributed by atoms with van der Waals surface area (Å²) in [6.07, 6.45) is 7.34. The number of carbonyl (C=O) groups is 1. The number of hydrogen-bond donors (Lipinski definition) is 0. The molecule has 0 bridgehead atoms. The van der Waals surface area contributed by atoms with Crippen molar-refractivity contribution in [3.63, 3.8) is 0 Å². The van der Waals surface area contributed by atoms with E-state index in [2.05, 4.69) is 9.55 Å². The molecule has 4 rings (SSSR count). The normalized spacial score (nSPS) is 20.0. The first-order chi connectivity index (χ1) is 12.2. The molecule has 5 heteroatoms. The number of fused-ring (bicyclic) bond motifs is 1. The average molecular weight is 336 g/mol. The number of ether oxygens (including phenoxy) is 2. The Morgan fingerprint density at radius 1 is 1.24 bits per heavy atom. The van der Waals surface area contributed by atoms with Gasteiger partial charge in [0.2, 0.25) is 0 Å². The summed E-state index contributed by atoms with van der Waals surface area (Å²) >= 11 is 0.